The van der Waals surface area contributed by atoms with Crippen LogP contribution in [-0.4, -0.2) is 25.8 Å². The van der Waals surface area contributed by atoms with E-state index < -0.39 is 33.6 Å². The topological polar surface area (TPSA) is 49.4 Å². The number of hydrogen-bond donors (Lipinski definition) is 1. The Morgan fingerprint density at radius 3 is 2.00 bits per heavy atom. The molecule has 0 radical (unpaired) electrons. The number of alkyl halides is 3. The van der Waals surface area contributed by atoms with E-state index in [4.69, 9.17) is 0 Å². The Labute approximate surface area is 200 Å². The van der Waals surface area contributed by atoms with Crippen molar-refractivity contribution >= 4 is 15.9 Å². The largest absolute Gasteiger partial charge is 0.416 e. The van der Waals surface area contributed by atoms with E-state index in [0.29, 0.717) is 12.8 Å². The highest BCUT2D eigenvalue weighted by Crippen LogP contribution is 2.38. The summed E-state index contributed by atoms with van der Waals surface area (Å²) in [6.45, 7) is 0.290. The number of nitrogens with one attached hydrogen (secondary N) is 1. The molecule has 1 heterocycles. The first-order chi connectivity index (χ1) is 16.5. The van der Waals surface area contributed by atoms with Gasteiger partial charge in [0, 0.05) is 19.0 Å². The lowest BCUT2D eigenvalue weighted by molar-refractivity contribution is -0.137. The zero-order chi connectivity index (χ0) is 25.2. The molecular formula is C25H23F5N2O2S. The van der Waals surface area contributed by atoms with Gasteiger partial charge < -0.3 is 0 Å². The van der Waals surface area contributed by atoms with Crippen LogP contribution in [0.15, 0.2) is 72.8 Å². The Morgan fingerprint density at radius 1 is 0.886 bits per heavy atom. The second kappa shape index (κ2) is 9.94. The number of piperidine rings is 1. The molecule has 0 amide bonds. The first kappa shape index (κ1) is 25.1. The van der Waals surface area contributed by atoms with E-state index in [-0.39, 0.29) is 30.6 Å². The summed E-state index contributed by atoms with van der Waals surface area (Å²) in [7, 11) is -4.15. The molecule has 0 spiro atoms. The molecule has 0 bridgehead atoms. The maximum absolute atomic E-state index is 13.6. The fraction of sp³-hybridized carbons (Fsp3) is 0.280. The molecule has 35 heavy (non-hydrogen) atoms. The van der Waals surface area contributed by atoms with Crippen LogP contribution in [0.2, 0.25) is 0 Å². The lowest BCUT2D eigenvalue weighted by atomic mass is 9.77. The summed E-state index contributed by atoms with van der Waals surface area (Å²) in [5.41, 5.74) is 0.374. The first-order valence-corrected chi connectivity index (χ1v) is 12.4. The van der Waals surface area contributed by atoms with E-state index in [1.54, 1.807) is 24.3 Å². The number of hydrogen-bond acceptors (Lipinski definition) is 2. The summed E-state index contributed by atoms with van der Waals surface area (Å²) in [6, 6.07) is 15.8. The Bertz CT molecular complexity index is 1220. The van der Waals surface area contributed by atoms with Gasteiger partial charge in [-0.3, -0.25) is 4.72 Å². The number of nitrogens with zero attached hydrogens (tertiary/aromatic N) is 1. The summed E-state index contributed by atoms with van der Waals surface area (Å²) in [5.74, 6) is -1.38. The maximum atomic E-state index is 13.6. The van der Waals surface area contributed by atoms with Crippen LogP contribution in [0.25, 0.3) is 0 Å². The van der Waals surface area contributed by atoms with Crippen LogP contribution in [-0.2, 0) is 16.4 Å². The molecule has 0 aliphatic carbocycles. The summed E-state index contributed by atoms with van der Waals surface area (Å²) in [5, 5.41) is 0. The standard InChI is InChI=1S/C25H23F5N2O2S/c26-21-10-6-17(7-11-21)24(18-8-12-22(27)13-9-18)19-3-2-14-32(16-19)35(33,34)31-23-5-1-4-20(15-23)25(28,29)30/h1,4-13,15,19,24,31H,2-3,14,16H2. The molecule has 1 fully saturated rings. The number of rotatable bonds is 6. The third kappa shape index (κ3) is 5.99. The quantitative estimate of drug-likeness (QED) is 0.403. The van der Waals surface area contributed by atoms with Crippen LogP contribution < -0.4 is 4.72 Å². The van der Waals surface area contributed by atoms with Crippen LogP contribution in [0, 0.1) is 17.6 Å². The van der Waals surface area contributed by atoms with Crippen LogP contribution in [0.5, 0.6) is 0 Å². The van der Waals surface area contributed by atoms with E-state index in [1.165, 1.54) is 34.6 Å². The average Bonchev–Trinajstić information content (AvgIpc) is 2.81. The van der Waals surface area contributed by atoms with Crippen molar-refractivity contribution in [2.45, 2.75) is 24.9 Å². The molecule has 1 atom stereocenters. The number of benzene rings is 3. The van der Waals surface area contributed by atoms with Crippen molar-refractivity contribution in [1.29, 1.82) is 0 Å². The molecule has 1 unspecified atom stereocenters. The Balaban J connectivity index is 1.60. The van der Waals surface area contributed by atoms with E-state index in [2.05, 4.69) is 4.72 Å². The van der Waals surface area contributed by atoms with Gasteiger partial charge in [0.1, 0.15) is 11.6 Å². The van der Waals surface area contributed by atoms with Crippen LogP contribution >= 0.6 is 0 Å². The third-order valence-corrected chi connectivity index (χ3v) is 7.63. The Morgan fingerprint density at radius 2 is 1.46 bits per heavy atom. The van der Waals surface area contributed by atoms with Crippen molar-refractivity contribution in [1.82, 2.24) is 4.31 Å². The molecule has 10 heteroatoms. The normalized spacial score (nSPS) is 17.5. The maximum Gasteiger partial charge on any atom is 0.416 e. The summed E-state index contributed by atoms with van der Waals surface area (Å²) in [4.78, 5) is 0. The Hall–Kier alpha value is -2.98. The van der Waals surface area contributed by atoms with Gasteiger partial charge in [0.2, 0.25) is 0 Å². The molecular weight excluding hydrogens is 487 g/mol. The van der Waals surface area contributed by atoms with E-state index >= 15 is 0 Å². The van der Waals surface area contributed by atoms with Crippen LogP contribution in [0.4, 0.5) is 27.6 Å². The van der Waals surface area contributed by atoms with Crippen molar-refractivity contribution in [2.24, 2.45) is 5.92 Å². The smallest absolute Gasteiger partial charge is 0.271 e. The molecule has 3 aromatic rings. The number of anilines is 1. The molecule has 186 valence electrons. The van der Waals surface area contributed by atoms with Gasteiger partial charge in [0.05, 0.1) is 11.3 Å². The van der Waals surface area contributed by atoms with Crippen molar-refractivity contribution < 1.29 is 30.4 Å². The molecule has 1 N–H and O–H groups in total. The first-order valence-electron chi connectivity index (χ1n) is 11.0. The highest BCUT2D eigenvalue weighted by Gasteiger charge is 2.35. The van der Waals surface area contributed by atoms with Gasteiger partial charge in [-0.2, -0.15) is 25.9 Å². The zero-order valence-electron chi connectivity index (χ0n) is 18.5. The van der Waals surface area contributed by atoms with Gasteiger partial charge in [-0.1, -0.05) is 30.3 Å². The molecule has 4 rings (SSSR count). The molecule has 1 saturated heterocycles. The highest BCUT2D eigenvalue weighted by atomic mass is 32.2. The minimum absolute atomic E-state index is 0.0910. The van der Waals surface area contributed by atoms with Crippen LogP contribution in [0.3, 0.4) is 0 Å². The lowest BCUT2D eigenvalue weighted by Crippen LogP contribution is -2.44. The predicted octanol–water partition coefficient (Wildman–Crippen LogP) is 6.18. The zero-order valence-corrected chi connectivity index (χ0v) is 19.3. The van der Waals surface area contributed by atoms with Gasteiger partial charge in [0.25, 0.3) is 0 Å². The average molecular weight is 511 g/mol. The second-order valence-corrected chi connectivity index (χ2v) is 10.2. The van der Waals surface area contributed by atoms with Gasteiger partial charge >= 0.3 is 16.4 Å². The predicted molar refractivity (Wildman–Crippen MR) is 123 cm³/mol. The third-order valence-electron chi connectivity index (χ3n) is 6.13. The molecule has 0 saturated carbocycles. The van der Waals surface area contributed by atoms with Crippen molar-refractivity contribution in [2.75, 3.05) is 17.8 Å². The SMILES string of the molecule is O=S(=O)(Nc1cccc(C(F)(F)F)c1)N1CCCC(C(c2ccc(F)cc2)c2ccc(F)cc2)C1. The van der Waals surface area contributed by atoms with Gasteiger partial charge in [-0.05, 0) is 72.4 Å². The van der Waals surface area contributed by atoms with Gasteiger partial charge in [0.15, 0.2) is 0 Å². The van der Waals surface area contributed by atoms with E-state index in [1.807, 2.05) is 0 Å². The molecule has 1 aliphatic heterocycles. The van der Waals surface area contributed by atoms with Gasteiger partial charge in [-0.25, -0.2) is 8.78 Å². The van der Waals surface area contributed by atoms with Gasteiger partial charge in [-0.15, -0.1) is 0 Å². The second-order valence-electron chi connectivity index (χ2n) is 8.53. The fourth-order valence-electron chi connectivity index (χ4n) is 4.51. The van der Waals surface area contributed by atoms with Crippen molar-refractivity contribution in [3.8, 4) is 0 Å². The highest BCUT2D eigenvalue weighted by molar-refractivity contribution is 7.90. The molecule has 4 nitrogen and oxygen atoms in total. The van der Waals surface area contributed by atoms with E-state index in [0.717, 1.165) is 29.3 Å². The summed E-state index contributed by atoms with van der Waals surface area (Å²) in [6.07, 6.45) is -3.42. The molecule has 0 aromatic heterocycles. The van der Waals surface area contributed by atoms with Crippen molar-refractivity contribution in [3.05, 3.63) is 101 Å². The minimum atomic E-state index is -4.60. The number of halogens is 5. The minimum Gasteiger partial charge on any atom is -0.271 e. The fourth-order valence-corrected chi connectivity index (χ4v) is 5.82. The monoisotopic (exact) mass is 510 g/mol. The van der Waals surface area contributed by atoms with Crippen LogP contribution in [0.1, 0.15) is 35.4 Å². The summed E-state index contributed by atoms with van der Waals surface area (Å²) >= 11 is 0. The van der Waals surface area contributed by atoms with E-state index in [9.17, 15) is 30.4 Å². The summed E-state index contributed by atoms with van der Waals surface area (Å²) < 4.78 is 95.8. The molecule has 3 aromatic carbocycles. The Kier molecular flexibility index (Phi) is 7.14. The molecule has 1 aliphatic rings. The van der Waals surface area contributed by atoms with Crippen molar-refractivity contribution in [3.63, 3.8) is 0 Å². The lowest BCUT2D eigenvalue weighted by Gasteiger charge is -2.37.